The lowest BCUT2D eigenvalue weighted by Crippen LogP contribution is -2.54. The summed E-state index contributed by atoms with van der Waals surface area (Å²) in [4.78, 5) is 34.9. The van der Waals surface area contributed by atoms with E-state index in [9.17, 15) is 26.8 Å². The van der Waals surface area contributed by atoms with E-state index in [2.05, 4.69) is 16.7 Å². The number of methoxy groups -OCH3 is 1. The monoisotopic (exact) mass is 750 g/mol. The van der Waals surface area contributed by atoms with E-state index in [0.29, 0.717) is 22.9 Å². The van der Waals surface area contributed by atoms with E-state index in [-0.39, 0.29) is 40.9 Å². The zero-order valence-corrected chi connectivity index (χ0v) is 29.6. The molecule has 2 fully saturated rings. The Morgan fingerprint density at radius 2 is 1.65 bits per heavy atom. The van der Waals surface area contributed by atoms with Gasteiger partial charge in [-0.1, -0.05) is 36.7 Å². The van der Waals surface area contributed by atoms with Gasteiger partial charge in [0.1, 0.15) is 23.9 Å². The number of sulfonamides is 1. The molecule has 51 heavy (non-hydrogen) atoms. The Morgan fingerprint density at radius 3 is 2.27 bits per heavy atom. The number of carbonyl (C=O) groups is 2. The van der Waals surface area contributed by atoms with E-state index in [4.69, 9.17) is 25.8 Å². The Kier molecular flexibility index (Phi) is 10.7. The van der Waals surface area contributed by atoms with Crippen molar-refractivity contribution in [2.75, 3.05) is 63.8 Å². The molecule has 0 spiro atoms. The van der Waals surface area contributed by atoms with E-state index in [1.54, 1.807) is 0 Å². The lowest BCUT2D eigenvalue weighted by Gasteiger charge is -2.42. The smallest absolute Gasteiger partial charge is 0.411 e. The third kappa shape index (κ3) is 6.96. The summed E-state index contributed by atoms with van der Waals surface area (Å²) in [6, 6.07) is 12.6. The van der Waals surface area contributed by atoms with Gasteiger partial charge in [-0.15, -0.1) is 0 Å². The molecular formula is C35H38ClF3N4O7S. The molecular weight excluding hydrogens is 713 g/mol. The number of fused-ring (bicyclic) bond motifs is 1. The van der Waals surface area contributed by atoms with Crippen molar-refractivity contribution in [1.29, 1.82) is 0 Å². The van der Waals surface area contributed by atoms with Crippen LogP contribution >= 0.6 is 11.6 Å². The van der Waals surface area contributed by atoms with Gasteiger partial charge in [0, 0.05) is 56.9 Å². The summed E-state index contributed by atoms with van der Waals surface area (Å²) in [5.41, 5.74) is -3.65. The fourth-order valence-corrected chi connectivity index (χ4v) is 8.56. The van der Waals surface area contributed by atoms with Crippen LogP contribution in [0, 0.1) is 5.82 Å². The number of hydrogen-bond donors (Lipinski definition) is 0. The topological polar surface area (TPSA) is 109 Å². The first-order valence-electron chi connectivity index (χ1n) is 16.6. The van der Waals surface area contributed by atoms with Gasteiger partial charge in [0.2, 0.25) is 5.60 Å². The summed E-state index contributed by atoms with van der Waals surface area (Å²) in [5.74, 6) is -2.32. The first-order chi connectivity index (χ1) is 24.4. The van der Waals surface area contributed by atoms with Crippen LogP contribution in [0.3, 0.4) is 0 Å². The number of nitrogens with zero attached hydrogens (tertiary/aromatic N) is 4. The van der Waals surface area contributed by atoms with Gasteiger partial charge in [-0.2, -0.15) is 4.31 Å². The summed E-state index contributed by atoms with van der Waals surface area (Å²) in [7, 11) is -3.42. The number of para-hydroxylation sites is 1. The van der Waals surface area contributed by atoms with Crippen LogP contribution in [0.1, 0.15) is 30.9 Å². The number of benzene rings is 3. The van der Waals surface area contributed by atoms with E-state index in [0.717, 1.165) is 44.9 Å². The maximum Gasteiger partial charge on any atom is 0.411 e. The Hall–Kier alpha value is -4.05. The van der Waals surface area contributed by atoms with Crippen LogP contribution < -0.4 is 13.8 Å². The highest BCUT2D eigenvalue weighted by molar-refractivity contribution is 7.93. The van der Waals surface area contributed by atoms with Crippen molar-refractivity contribution in [1.82, 2.24) is 14.7 Å². The average molecular weight is 751 g/mol. The molecule has 0 N–H and O–H groups in total. The van der Waals surface area contributed by atoms with Crippen LogP contribution in [0.25, 0.3) is 0 Å². The number of hydrogen-bond acceptors (Lipinski definition) is 9. The van der Waals surface area contributed by atoms with Crippen LogP contribution in [0.2, 0.25) is 5.02 Å². The minimum atomic E-state index is -4.82. The molecule has 11 nitrogen and oxygen atoms in total. The largest absolute Gasteiger partial charge is 0.497 e. The van der Waals surface area contributed by atoms with Crippen molar-refractivity contribution in [3.63, 3.8) is 0 Å². The van der Waals surface area contributed by atoms with Gasteiger partial charge < -0.3 is 24.0 Å². The van der Waals surface area contributed by atoms with Crippen molar-refractivity contribution in [3.8, 4) is 11.5 Å². The number of carbonyl (C=O) groups excluding carboxylic acids is 2. The maximum absolute atomic E-state index is 15.2. The summed E-state index contributed by atoms with van der Waals surface area (Å²) >= 11 is 6.25. The molecule has 3 aromatic rings. The second kappa shape index (κ2) is 14.9. The number of piperazine rings is 1. The molecule has 0 bridgehead atoms. The summed E-state index contributed by atoms with van der Waals surface area (Å²) in [5, 5.41) is -0.499. The molecule has 274 valence electrons. The fraction of sp³-hybridized carbons (Fsp3) is 0.429. The molecule has 0 saturated carbocycles. The van der Waals surface area contributed by atoms with Crippen molar-refractivity contribution in [2.24, 2.45) is 0 Å². The summed E-state index contributed by atoms with van der Waals surface area (Å²) in [6.07, 6.45) is -2.62. The molecule has 0 aliphatic carbocycles. The Balaban J connectivity index is 1.42. The molecule has 0 radical (unpaired) electrons. The van der Waals surface area contributed by atoms with Crippen LogP contribution in [-0.2, 0) is 25.2 Å². The SMILES string of the molecule is CCN1CCN(C2CCN(C(=O)OC3(c4ccccc4OCC(F)F)C(=O)N(S(=O)(=O)c4ccc(OC)cc4)c4cc(F)c(Cl)cc43)CC2)CC1. The number of amides is 2. The predicted octanol–water partition coefficient (Wildman–Crippen LogP) is 5.35. The van der Waals surface area contributed by atoms with Crippen LogP contribution in [0.4, 0.5) is 23.7 Å². The molecule has 1 unspecified atom stereocenters. The number of piperidine rings is 1. The van der Waals surface area contributed by atoms with Crippen LogP contribution in [0.15, 0.2) is 65.6 Å². The zero-order chi connectivity index (χ0) is 36.5. The standard InChI is InChI=1S/C35H38ClF3N4O7S/c1-3-40-16-18-41(19-17-40)23-12-14-42(15-13-23)34(45)50-35(26-6-4-5-7-31(26)49-22-32(38)39)27-20-28(36)29(37)21-30(27)43(33(35)44)51(46,47)25-10-8-24(48-2)9-11-25/h4-11,20-21,23,32H,3,12-19,22H2,1-2H3. The highest BCUT2D eigenvalue weighted by Crippen LogP contribution is 2.53. The van der Waals surface area contributed by atoms with E-state index in [1.807, 2.05) is 0 Å². The van der Waals surface area contributed by atoms with Gasteiger partial charge in [0.05, 0.1) is 28.3 Å². The van der Waals surface area contributed by atoms with Gasteiger partial charge in [-0.3, -0.25) is 9.69 Å². The van der Waals surface area contributed by atoms with Crippen molar-refractivity contribution in [2.45, 2.75) is 42.7 Å². The van der Waals surface area contributed by atoms with Crippen molar-refractivity contribution in [3.05, 3.63) is 82.6 Å². The maximum atomic E-state index is 15.2. The minimum absolute atomic E-state index is 0.228. The number of likely N-dealkylation sites (tertiary alicyclic amines) is 1. The molecule has 3 aliphatic rings. The van der Waals surface area contributed by atoms with Gasteiger partial charge >= 0.3 is 6.09 Å². The summed E-state index contributed by atoms with van der Waals surface area (Å²) < 4.78 is 87.6. The number of halogens is 4. The molecule has 2 amide bonds. The first-order valence-corrected chi connectivity index (χ1v) is 18.4. The molecule has 2 saturated heterocycles. The second-order valence-corrected chi connectivity index (χ2v) is 14.7. The van der Waals surface area contributed by atoms with Gasteiger partial charge in [0.15, 0.2) is 0 Å². The van der Waals surface area contributed by atoms with Gasteiger partial charge in [-0.05, 0) is 55.8 Å². The number of alkyl halides is 2. The lowest BCUT2D eigenvalue weighted by atomic mass is 9.86. The Labute approximate surface area is 299 Å². The molecule has 3 heterocycles. The highest BCUT2D eigenvalue weighted by atomic mass is 35.5. The first kappa shape index (κ1) is 36.7. The number of anilines is 1. The normalized spacial score (nSPS) is 20.5. The average Bonchev–Trinajstić information content (AvgIpc) is 3.37. The van der Waals surface area contributed by atoms with E-state index < -0.39 is 57.2 Å². The zero-order valence-electron chi connectivity index (χ0n) is 28.1. The highest BCUT2D eigenvalue weighted by Gasteiger charge is 2.61. The molecule has 3 aromatic carbocycles. The number of ether oxygens (including phenoxy) is 3. The predicted molar refractivity (Wildman–Crippen MR) is 183 cm³/mol. The van der Waals surface area contributed by atoms with Crippen molar-refractivity contribution >= 4 is 39.3 Å². The minimum Gasteiger partial charge on any atom is -0.497 e. The third-order valence-electron chi connectivity index (χ3n) is 9.68. The van der Waals surface area contributed by atoms with Crippen LogP contribution in [-0.4, -0.2) is 107 Å². The molecule has 16 heteroatoms. The van der Waals surface area contributed by atoms with Crippen LogP contribution in [0.5, 0.6) is 11.5 Å². The quantitative estimate of drug-likeness (QED) is 0.271. The molecule has 3 aliphatic heterocycles. The Bertz CT molecular complexity index is 1870. The Morgan fingerprint density at radius 1 is 0.980 bits per heavy atom. The fourth-order valence-electron chi connectivity index (χ4n) is 6.95. The van der Waals surface area contributed by atoms with Gasteiger partial charge in [0.25, 0.3) is 22.4 Å². The lowest BCUT2D eigenvalue weighted by molar-refractivity contribution is -0.132. The second-order valence-electron chi connectivity index (χ2n) is 12.5. The number of rotatable bonds is 10. The molecule has 0 aromatic heterocycles. The van der Waals surface area contributed by atoms with E-state index >= 15 is 4.39 Å². The van der Waals surface area contributed by atoms with E-state index in [1.165, 1.54) is 60.5 Å². The molecule has 6 rings (SSSR count). The number of likely N-dealkylation sites (N-methyl/N-ethyl adjacent to an activating group) is 1. The third-order valence-corrected chi connectivity index (χ3v) is 11.7. The van der Waals surface area contributed by atoms with Crippen molar-refractivity contribution < 1.29 is 45.4 Å². The summed E-state index contributed by atoms with van der Waals surface area (Å²) in [6.45, 7) is 6.29. The molecule has 1 atom stereocenters. The van der Waals surface area contributed by atoms with Gasteiger partial charge in [-0.25, -0.2) is 26.4 Å².